The normalized spacial score (nSPS) is 14.7. The zero-order chi connectivity index (χ0) is 12.7. The molecular weight excluding hydrogens is 284 g/mol. The molecule has 0 spiro atoms. The van der Waals surface area contributed by atoms with Gasteiger partial charge in [0, 0.05) is 0 Å². The average Bonchev–Trinajstić information content (AvgIpc) is 2.67. The van der Waals surface area contributed by atoms with Crippen molar-refractivity contribution < 1.29 is 0 Å². The summed E-state index contributed by atoms with van der Waals surface area (Å²) in [6.07, 6.45) is 3.30. The molecule has 0 nitrogen and oxygen atoms in total. The molecule has 0 fully saturated rings. The fourth-order valence-corrected chi connectivity index (χ4v) is 2.90. The second-order valence-corrected chi connectivity index (χ2v) is 5.71. The predicted octanol–water partition coefficient (Wildman–Crippen LogP) is 5.77. The summed E-state index contributed by atoms with van der Waals surface area (Å²) in [6.45, 7) is 4.38. The lowest BCUT2D eigenvalue weighted by atomic mass is 10.0. The minimum absolute atomic E-state index is 1.03. The van der Waals surface area contributed by atoms with Gasteiger partial charge in [-0.2, -0.15) is 0 Å². The van der Waals surface area contributed by atoms with Crippen molar-refractivity contribution in [1.29, 1.82) is 0 Å². The van der Waals surface area contributed by atoms with Gasteiger partial charge in [0.25, 0.3) is 0 Å². The van der Waals surface area contributed by atoms with Gasteiger partial charge >= 0.3 is 0 Å². The van der Waals surface area contributed by atoms with E-state index in [4.69, 9.17) is 0 Å². The Bertz CT molecular complexity index is 685. The summed E-state index contributed by atoms with van der Waals surface area (Å²) in [5.41, 5.74) is 5.49. The molecule has 90 valence electrons. The van der Waals surface area contributed by atoms with Crippen molar-refractivity contribution in [1.82, 2.24) is 0 Å². The zero-order valence-electron chi connectivity index (χ0n) is 10.6. The van der Waals surface area contributed by atoms with Crippen LogP contribution in [0.1, 0.15) is 31.4 Å². The molecular formula is C17H15Br. The number of hydrogen-bond acceptors (Lipinski definition) is 0. The molecule has 0 saturated heterocycles. The minimum atomic E-state index is 1.03. The molecule has 0 bridgehead atoms. The Labute approximate surface area is 116 Å². The fraction of sp³-hybridized carbons (Fsp3) is 0.176. The largest absolute Gasteiger partial charge is 0.0610 e. The SMILES string of the molecule is CC/C(Br)=C\C1=C(C)c2cccc3cccc1c23. The van der Waals surface area contributed by atoms with E-state index in [2.05, 4.69) is 72.3 Å². The monoisotopic (exact) mass is 298 g/mol. The zero-order valence-corrected chi connectivity index (χ0v) is 12.2. The molecule has 0 radical (unpaired) electrons. The molecule has 1 aliphatic carbocycles. The lowest BCUT2D eigenvalue weighted by molar-refractivity contribution is 1.21. The molecule has 0 saturated carbocycles. The van der Waals surface area contributed by atoms with E-state index in [1.165, 1.54) is 37.5 Å². The molecule has 0 aromatic heterocycles. The van der Waals surface area contributed by atoms with Crippen LogP contribution >= 0.6 is 15.9 Å². The summed E-state index contributed by atoms with van der Waals surface area (Å²) >= 11 is 3.63. The molecule has 3 rings (SSSR count). The lowest BCUT2D eigenvalue weighted by Gasteiger charge is -2.03. The van der Waals surface area contributed by atoms with Gasteiger partial charge in [-0.25, -0.2) is 0 Å². The van der Waals surface area contributed by atoms with Gasteiger partial charge in [0.05, 0.1) is 0 Å². The molecule has 2 aromatic rings. The van der Waals surface area contributed by atoms with Gasteiger partial charge in [-0.05, 0) is 56.9 Å². The predicted molar refractivity (Wildman–Crippen MR) is 83.7 cm³/mol. The highest BCUT2D eigenvalue weighted by Crippen LogP contribution is 2.43. The minimum Gasteiger partial charge on any atom is -0.0610 e. The first-order valence-electron chi connectivity index (χ1n) is 6.32. The second-order valence-electron chi connectivity index (χ2n) is 4.69. The molecule has 0 amide bonds. The smallest absolute Gasteiger partial charge is 0.00299 e. The van der Waals surface area contributed by atoms with Gasteiger partial charge in [0.2, 0.25) is 0 Å². The summed E-state index contributed by atoms with van der Waals surface area (Å²) < 4.78 is 1.25. The maximum atomic E-state index is 3.63. The number of halogens is 1. The number of allylic oxidation sites excluding steroid dienone is 4. The van der Waals surface area contributed by atoms with Crippen LogP contribution in [0.3, 0.4) is 0 Å². The van der Waals surface area contributed by atoms with Crippen LogP contribution in [0.5, 0.6) is 0 Å². The van der Waals surface area contributed by atoms with Crippen molar-refractivity contribution in [3.05, 3.63) is 58.1 Å². The van der Waals surface area contributed by atoms with Crippen molar-refractivity contribution >= 4 is 37.8 Å². The van der Waals surface area contributed by atoms with E-state index >= 15 is 0 Å². The second kappa shape index (κ2) is 4.40. The van der Waals surface area contributed by atoms with E-state index in [1.54, 1.807) is 0 Å². The van der Waals surface area contributed by atoms with Crippen molar-refractivity contribution in [3.63, 3.8) is 0 Å². The van der Waals surface area contributed by atoms with Crippen LogP contribution in [0.25, 0.3) is 21.9 Å². The summed E-state index contributed by atoms with van der Waals surface area (Å²) in [7, 11) is 0. The Morgan fingerprint density at radius 3 is 2.44 bits per heavy atom. The first-order chi connectivity index (χ1) is 8.72. The standard InChI is InChI=1S/C17H15Br/c1-3-13(18)10-16-11(2)14-8-4-6-12-7-5-9-15(16)17(12)14/h4-10H,3H2,1-2H3/b13-10+. The van der Waals surface area contributed by atoms with Gasteiger partial charge in [0.1, 0.15) is 0 Å². The third kappa shape index (κ3) is 1.65. The van der Waals surface area contributed by atoms with E-state index in [9.17, 15) is 0 Å². The maximum absolute atomic E-state index is 3.63. The summed E-state index contributed by atoms with van der Waals surface area (Å²) in [6, 6.07) is 13.1. The summed E-state index contributed by atoms with van der Waals surface area (Å²) in [5, 5.41) is 2.74. The van der Waals surface area contributed by atoms with E-state index in [0.29, 0.717) is 0 Å². The van der Waals surface area contributed by atoms with Crippen LogP contribution < -0.4 is 0 Å². The summed E-state index contributed by atoms with van der Waals surface area (Å²) in [4.78, 5) is 0. The van der Waals surface area contributed by atoms with Crippen molar-refractivity contribution in [3.8, 4) is 0 Å². The average molecular weight is 299 g/mol. The van der Waals surface area contributed by atoms with Crippen LogP contribution in [-0.2, 0) is 0 Å². The molecule has 2 aromatic carbocycles. The van der Waals surface area contributed by atoms with E-state index in [-0.39, 0.29) is 0 Å². The molecule has 18 heavy (non-hydrogen) atoms. The van der Waals surface area contributed by atoms with Gasteiger partial charge in [-0.3, -0.25) is 0 Å². The quantitative estimate of drug-likeness (QED) is 0.660. The fourth-order valence-electron chi connectivity index (χ4n) is 2.67. The highest BCUT2D eigenvalue weighted by molar-refractivity contribution is 9.11. The lowest BCUT2D eigenvalue weighted by Crippen LogP contribution is -1.80. The molecule has 0 aliphatic heterocycles. The van der Waals surface area contributed by atoms with Crippen LogP contribution in [0.15, 0.2) is 47.0 Å². The number of hydrogen-bond donors (Lipinski definition) is 0. The van der Waals surface area contributed by atoms with Crippen LogP contribution in [0, 0.1) is 0 Å². The van der Waals surface area contributed by atoms with Crippen LogP contribution in [0.2, 0.25) is 0 Å². The first kappa shape index (κ1) is 11.7. The van der Waals surface area contributed by atoms with Gasteiger partial charge in [-0.1, -0.05) is 59.3 Å². The number of rotatable bonds is 2. The van der Waals surface area contributed by atoms with Crippen LogP contribution in [0.4, 0.5) is 0 Å². The third-order valence-corrected chi connectivity index (χ3v) is 4.43. The Morgan fingerprint density at radius 1 is 1.11 bits per heavy atom. The van der Waals surface area contributed by atoms with Crippen LogP contribution in [-0.4, -0.2) is 0 Å². The van der Waals surface area contributed by atoms with Crippen molar-refractivity contribution in [2.75, 3.05) is 0 Å². The molecule has 0 heterocycles. The highest BCUT2D eigenvalue weighted by atomic mass is 79.9. The first-order valence-corrected chi connectivity index (χ1v) is 7.11. The maximum Gasteiger partial charge on any atom is -0.00299 e. The Balaban J connectivity index is 2.32. The van der Waals surface area contributed by atoms with E-state index < -0.39 is 0 Å². The number of benzene rings is 2. The Kier molecular flexibility index (Phi) is 2.87. The highest BCUT2D eigenvalue weighted by Gasteiger charge is 2.19. The Morgan fingerprint density at radius 2 is 1.78 bits per heavy atom. The van der Waals surface area contributed by atoms with E-state index in [0.717, 1.165) is 6.42 Å². The summed E-state index contributed by atoms with van der Waals surface area (Å²) in [5.74, 6) is 0. The van der Waals surface area contributed by atoms with Gasteiger partial charge in [-0.15, -0.1) is 0 Å². The molecule has 1 heteroatoms. The Hall–Kier alpha value is -1.34. The van der Waals surface area contributed by atoms with E-state index in [1.807, 2.05) is 0 Å². The topological polar surface area (TPSA) is 0 Å². The molecule has 0 atom stereocenters. The van der Waals surface area contributed by atoms with Crippen molar-refractivity contribution in [2.45, 2.75) is 20.3 Å². The third-order valence-electron chi connectivity index (χ3n) is 3.64. The molecule has 0 unspecified atom stereocenters. The van der Waals surface area contributed by atoms with Gasteiger partial charge < -0.3 is 0 Å². The molecule has 1 aliphatic rings. The van der Waals surface area contributed by atoms with Gasteiger partial charge in [0.15, 0.2) is 0 Å². The molecule has 0 N–H and O–H groups in total. The van der Waals surface area contributed by atoms with Crippen molar-refractivity contribution in [2.24, 2.45) is 0 Å².